The van der Waals surface area contributed by atoms with Crippen molar-refractivity contribution in [2.75, 3.05) is 26.7 Å². The first kappa shape index (κ1) is 12.1. The molecule has 2 rings (SSSR count). The van der Waals surface area contributed by atoms with Crippen LogP contribution in [0.3, 0.4) is 0 Å². The van der Waals surface area contributed by atoms with Crippen molar-refractivity contribution in [3.8, 4) is 0 Å². The molecule has 1 aliphatic rings. The molecule has 0 spiro atoms. The van der Waals surface area contributed by atoms with Crippen LogP contribution in [0.4, 0.5) is 0 Å². The third-order valence-electron chi connectivity index (χ3n) is 3.07. The number of hydrogen-bond acceptors (Lipinski definition) is 3. The van der Waals surface area contributed by atoms with Gasteiger partial charge in [0.2, 0.25) is 5.91 Å². The summed E-state index contributed by atoms with van der Waals surface area (Å²) in [6, 6.07) is 10.3. The average Bonchev–Trinajstić information content (AvgIpc) is 2.39. The van der Waals surface area contributed by atoms with Crippen LogP contribution in [0.1, 0.15) is 5.56 Å². The molecule has 0 saturated carbocycles. The molecule has 1 aromatic carbocycles. The van der Waals surface area contributed by atoms with Crippen molar-refractivity contribution >= 4 is 5.91 Å². The summed E-state index contributed by atoms with van der Waals surface area (Å²) in [4.78, 5) is 13.9. The minimum absolute atomic E-state index is 0.0720. The number of nitrogens with zero attached hydrogens (tertiary/aromatic N) is 1. The highest BCUT2D eigenvalue weighted by atomic mass is 16.2. The molecule has 0 radical (unpaired) electrons. The van der Waals surface area contributed by atoms with Gasteiger partial charge in [-0.25, -0.2) is 0 Å². The molecule has 2 N–H and O–H groups in total. The standard InChI is InChI=1S/C13H19N3O/c1-14-13(17)12-10-16(8-7-15-12)9-11-5-3-2-4-6-11/h2-6,12,15H,7-10H2,1H3,(H,14,17)/t12-/m1/s1. The lowest BCUT2D eigenvalue weighted by atomic mass is 10.1. The van der Waals surface area contributed by atoms with Crippen LogP contribution in [-0.4, -0.2) is 43.5 Å². The molecule has 4 nitrogen and oxygen atoms in total. The van der Waals surface area contributed by atoms with Gasteiger partial charge in [0.1, 0.15) is 0 Å². The number of hydrogen-bond donors (Lipinski definition) is 2. The predicted octanol–water partition coefficient (Wildman–Crippen LogP) is 0.206. The molecule has 1 fully saturated rings. The van der Waals surface area contributed by atoms with E-state index in [1.165, 1.54) is 5.56 Å². The second-order valence-electron chi connectivity index (χ2n) is 4.34. The largest absolute Gasteiger partial charge is 0.358 e. The van der Waals surface area contributed by atoms with Gasteiger partial charge in [0.05, 0.1) is 6.04 Å². The third kappa shape index (κ3) is 3.28. The maximum atomic E-state index is 11.6. The summed E-state index contributed by atoms with van der Waals surface area (Å²) in [6.45, 7) is 3.54. The van der Waals surface area contributed by atoms with Gasteiger partial charge in [0.25, 0.3) is 0 Å². The fourth-order valence-corrected chi connectivity index (χ4v) is 2.15. The van der Waals surface area contributed by atoms with Crippen LogP contribution < -0.4 is 10.6 Å². The van der Waals surface area contributed by atoms with Gasteiger partial charge in [-0.3, -0.25) is 9.69 Å². The summed E-state index contributed by atoms with van der Waals surface area (Å²) in [5.41, 5.74) is 1.30. The van der Waals surface area contributed by atoms with Gasteiger partial charge < -0.3 is 10.6 Å². The van der Waals surface area contributed by atoms with E-state index in [-0.39, 0.29) is 11.9 Å². The van der Waals surface area contributed by atoms with Crippen molar-refractivity contribution in [2.45, 2.75) is 12.6 Å². The quantitative estimate of drug-likeness (QED) is 0.784. The molecule has 1 amide bonds. The van der Waals surface area contributed by atoms with Crippen molar-refractivity contribution in [1.29, 1.82) is 0 Å². The normalized spacial score (nSPS) is 21.1. The Balaban J connectivity index is 1.92. The van der Waals surface area contributed by atoms with Crippen LogP contribution in [0.15, 0.2) is 30.3 Å². The van der Waals surface area contributed by atoms with Gasteiger partial charge in [0.15, 0.2) is 0 Å². The number of rotatable bonds is 3. The van der Waals surface area contributed by atoms with E-state index in [9.17, 15) is 4.79 Å². The first-order valence-electron chi connectivity index (χ1n) is 6.01. The number of piperazine rings is 1. The second-order valence-corrected chi connectivity index (χ2v) is 4.34. The van der Waals surface area contributed by atoms with Crippen molar-refractivity contribution < 1.29 is 4.79 Å². The molecule has 1 aliphatic heterocycles. The smallest absolute Gasteiger partial charge is 0.238 e. The number of carbonyl (C=O) groups excluding carboxylic acids is 1. The van der Waals surface area contributed by atoms with E-state index in [1.54, 1.807) is 7.05 Å². The Kier molecular flexibility index (Phi) is 4.12. The summed E-state index contributed by atoms with van der Waals surface area (Å²) in [7, 11) is 1.68. The minimum Gasteiger partial charge on any atom is -0.358 e. The van der Waals surface area contributed by atoms with Gasteiger partial charge in [-0.1, -0.05) is 30.3 Å². The molecule has 17 heavy (non-hydrogen) atoms. The topological polar surface area (TPSA) is 44.4 Å². The van der Waals surface area contributed by atoms with E-state index in [0.717, 1.165) is 26.2 Å². The summed E-state index contributed by atoms with van der Waals surface area (Å²) >= 11 is 0. The van der Waals surface area contributed by atoms with E-state index in [4.69, 9.17) is 0 Å². The van der Waals surface area contributed by atoms with E-state index in [2.05, 4.69) is 27.7 Å². The Morgan fingerprint density at radius 3 is 2.94 bits per heavy atom. The number of carbonyl (C=O) groups is 1. The van der Waals surface area contributed by atoms with Gasteiger partial charge in [-0.15, -0.1) is 0 Å². The first-order valence-corrected chi connectivity index (χ1v) is 6.01. The molecular formula is C13H19N3O. The Morgan fingerprint density at radius 1 is 1.47 bits per heavy atom. The molecular weight excluding hydrogens is 214 g/mol. The zero-order valence-corrected chi connectivity index (χ0v) is 10.1. The summed E-state index contributed by atoms with van der Waals surface area (Å²) in [6.07, 6.45) is 0. The SMILES string of the molecule is CNC(=O)[C@H]1CN(Cc2ccccc2)CCN1. The van der Waals surface area contributed by atoms with Crippen LogP contribution >= 0.6 is 0 Å². The van der Waals surface area contributed by atoms with E-state index in [0.29, 0.717) is 0 Å². The fourth-order valence-electron chi connectivity index (χ4n) is 2.15. The van der Waals surface area contributed by atoms with Gasteiger partial charge in [0, 0.05) is 33.2 Å². The molecule has 0 unspecified atom stereocenters. The summed E-state index contributed by atoms with van der Waals surface area (Å²) in [5.74, 6) is 0.0720. The molecule has 0 aliphatic carbocycles. The van der Waals surface area contributed by atoms with Crippen LogP contribution in [0.5, 0.6) is 0 Å². The van der Waals surface area contributed by atoms with Crippen LogP contribution in [0.25, 0.3) is 0 Å². The Morgan fingerprint density at radius 2 is 2.24 bits per heavy atom. The molecule has 0 bridgehead atoms. The highest BCUT2D eigenvalue weighted by molar-refractivity contribution is 5.81. The highest BCUT2D eigenvalue weighted by Gasteiger charge is 2.24. The highest BCUT2D eigenvalue weighted by Crippen LogP contribution is 2.07. The maximum Gasteiger partial charge on any atom is 0.238 e. The van der Waals surface area contributed by atoms with Gasteiger partial charge in [-0.2, -0.15) is 0 Å². The van der Waals surface area contributed by atoms with Gasteiger partial charge >= 0.3 is 0 Å². The molecule has 0 aromatic heterocycles. The minimum atomic E-state index is -0.0857. The Hall–Kier alpha value is -1.39. The molecule has 1 heterocycles. The van der Waals surface area contributed by atoms with E-state index in [1.807, 2.05) is 18.2 Å². The number of likely N-dealkylation sites (N-methyl/N-ethyl adjacent to an activating group) is 1. The fraction of sp³-hybridized carbons (Fsp3) is 0.462. The van der Waals surface area contributed by atoms with Crippen molar-refractivity contribution in [2.24, 2.45) is 0 Å². The van der Waals surface area contributed by atoms with E-state index < -0.39 is 0 Å². The van der Waals surface area contributed by atoms with Crippen LogP contribution in [0, 0.1) is 0 Å². The summed E-state index contributed by atoms with van der Waals surface area (Å²) in [5, 5.41) is 5.92. The van der Waals surface area contributed by atoms with Crippen molar-refractivity contribution in [3.05, 3.63) is 35.9 Å². The monoisotopic (exact) mass is 233 g/mol. The zero-order valence-electron chi connectivity index (χ0n) is 10.1. The van der Waals surface area contributed by atoms with Gasteiger partial charge in [-0.05, 0) is 5.56 Å². The molecule has 1 aromatic rings. The zero-order chi connectivity index (χ0) is 12.1. The molecule has 1 saturated heterocycles. The van der Waals surface area contributed by atoms with Crippen LogP contribution in [0.2, 0.25) is 0 Å². The van der Waals surface area contributed by atoms with Crippen LogP contribution in [-0.2, 0) is 11.3 Å². The first-order chi connectivity index (χ1) is 8.29. The van der Waals surface area contributed by atoms with E-state index >= 15 is 0 Å². The lowest BCUT2D eigenvalue weighted by Gasteiger charge is -2.32. The predicted molar refractivity (Wildman–Crippen MR) is 67.6 cm³/mol. The van der Waals surface area contributed by atoms with Crippen molar-refractivity contribution in [3.63, 3.8) is 0 Å². The number of benzene rings is 1. The maximum absolute atomic E-state index is 11.6. The summed E-state index contributed by atoms with van der Waals surface area (Å²) < 4.78 is 0. The Bertz CT molecular complexity index is 366. The number of nitrogens with one attached hydrogen (secondary N) is 2. The molecule has 4 heteroatoms. The number of amides is 1. The second kappa shape index (κ2) is 5.80. The average molecular weight is 233 g/mol. The Labute approximate surface area is 102 Å². The third-order valence-corrected chi connectivity index (χ3v) is 3.07. The van der Waals surface area contributed by atoms with Crippen molar-refractivity contribution in [1.82, 2.24) is 15.5 Å². The lowest BCUT2D eigenvalue weighted by Crippen LogP contribution is -2.56. The lowest BCUT2D eigenvalue weighted by molar-refractivity contribution is -0.123. The molecule has 92 valence electrons. The molecule has 1 atom stereocenters.